The van der Waals surface area contributed by atoms with Crippen LogP contribution in [0.15, 0.2) is 36.4 Å². The molecule has 1 N–H and O–H groups in total. The molecule has 0 saturated heterocycles. The summed E-state index contributed by atoms with van der Waals surface area (Å²) in [4.78, 5) is 0. The maximum Gasteiger partial charge on any atom is 0.159 e. The van der Waals surface area contributed by atoms with Crippen molar-refractivity contribution in [3.63, 3.8) is 0 Å². The van der Waals surface area contributed by atoms with E-state index in [9.17, 15) is 8.78 Å². The van der Waals surface area contributed by atoms with Crippen LogP contribution in [0.25, 0.3) is 0 Å². The summed E-state index contributed by atoms with van der Waals surface area (Å²) < 4.78 is 26.7. The van der Waals surface area contributed by atoms with E-state index >= 15 is 0 Å². The molecule has 0 aromatic heterocycles. The second-order valence-corrected chi connectivity index (χ2v) is 5.14. The average Bonchev–Trinajstić information content (AvgIpc) is 2.51. The molecule has 1 atom stereocenters. The summed E-state index contributed by atoms with van der Waals surface area (Å²) in [7, 11) is 1.84. The Labute approximate surface area is 125 Å². The van der Waals surface area contributed by atoms with Gasteiger partial charge in [0, 0.05) is 0 Å². The van der Waals surface area contributed by atoms with Gasteiger partial charge in [-0.25, -0.2) is 8.78 Å². The molecule has 0 aliphatic rings. The van der Waals surface area contributed by atoms with Gasteiger partial charge in [0.2, 0.25) is 0 Å². The van der Waals surface area contributed by atoms with Gasteiger partial charge in [-0.05, 0) is 54.3 Å². The summed E-state index contributed by atoms with van der Waals surface area (Å²) in [5.41, 5.74) is 4.33. The summed E-state index contributed by atoms with van der Waals surface area (Å²) in [6.07, 6.45) is 1.85. The van der Waals surface area contributed by atoms with Gasteiger partial charge >= 0.3 is 0 Å². The van der Waals surface area contributed by atoms with Gasteiger partial charge in [0.05, 0.1) is 6.04 Å². The lowest BCUT2D eigenvalue weighted by atomic mass is 9.91. The van der Waals surface area contributed by atoms with Crippen molar-refractivity contribution in [3.05, 3.63) is 70.3 Å². The highest BCUT2D eigenvalue weighted by atomic mass is 19.2. The summed E-state index contributed by atoms with van der Waals surface area (Å²) in [6.45, 7) is 4.21. The highest BCUT2D eigenvalue weighted by Crippen LogP contribution is 2.27. The van der Waals surface area contributed by atoms with Crippen molar-refractivity contribution in [1.82, 2.24) is 5.32 Å². The smallest absolute Gasteiger partial charge is 0.159 e. The molecule has 1 nitrogen and oxygen atoms in total. The first-order valence-electron chi connectivity index (χ1n) is 7.34. The highest BCUT2D eigenvalue weighted by Gasteiger charge is 2.17. The first kappa shape index (κ1) is 15.6. The van der Waals surface area contributed by atoms with Gasteiger partial charge in [-0.15, -0.1) is 0 Å². The number of benzene rings is 2. The van der Waals surface area contributed by atoms with Crippen molar-refractivity contribution in [3.8, 4) is 0 Å². The molecule has 112 valence electrons. The van der Waals surface area contributed by atoms with Crippen molar-refractivity contribution in [1.29, 1.82) is 0 Å². The Morgan fingerprint density at radius 3 is 2.29 bits per heavy atom. The predicted molar refractivity (Wildman–Crippen MR) is 82.5 cm³/mol. The Bertz CT molecular complexity index is 623. The van der Waals surface area contributed by atoms with Crippen LogP contribution in [0, 0.1) is 11.6 Å². The number of hydrogen-bond acceptors (Lipinski definition) is 1. The third-order valence-electron chi connectivity index (χ3n) is 3.88. The molecule has 0 amide bonds. The van der Waals surface area contributed by atoms with Gasteiger partial charge in [-0.2, -0.15) is 0 Å². The zero-order valence-electron chi connectivity index (χ0n) is 12.7. The lowest BCUT2D eigenvalue weighted by molar-refractivity contribution is 0.505. The molecule has 21 heavy (non-hydrogen) atoms. The predicted octanol–water partition coefficient (Wildman–Crippen LogP) is 4.40. The lowest BCUT2D eigenvalue weighted by Gasteiger charge is -2.21. The molecule has 0 spiro atoms. The number of nitrogens with one attached hydrogen (secondary N) is 1. The molecular formula is C18H21F2N. The van der Waals surface area contributed by atoms with Crippen LogP contribution in [0.5, 0.6) is 0 Å². The van der Waals surface area contributed by atoms with Crippen LogP contribution in [0.3, 0.4) is 0 Å². The van der Waals surface area contributed by atoms with Crippen molar-refractivity contribution in [2.45, 2.75) is 32.7 Å². The maximum absolute atomic E-state index is 13.5. The first-order valence-corrected chi connectivity index (χ1v) is 7.34. The zero-order valence-corrected chi connectivity index (χ0v) is 12.7. The fourth-order valence-corrected chi connectivity index (χ4v) is 2.65. The standard InChI is InChI=1S/C18H21F2N/c1-4-12-6-7-13(5-2)15(10-12)18(21-3)14-8-9-16(19)17(20)11-14/h6-11,18,21H,4-5H2,1-3H3. The summed E-state index contributed by atoms with van der Waals surface area (Å²) in [5.74, 6) is -1.62. The summed E-state index contributed by atoms with van der Waals surface area (Å²) in [6, 6.07) is 10.4. The van der Waals surface area contributed by atoms with E-state index in [-0.39, 0.29) is 6.04 Å². The first-order chi connectivity index (χ1) is 10.1. The van der Waals surface area contributed by atoms with Gasteiger partial charge in [0.15, 0.2) is 11.6 Å². The molecule has 3 heteroatoms. The van der Waals surface area contributed by atoms with Crippen molar-refractivity contribution < 1.29 is 8.78 Å². The minimum Gasteiger partial charge on any atom is -0.309 e. The van der Waals surface area contributed by atoms with E-state index in [1.54, 1.807) is 6.07 Å². The Hall–Kier alpha value is -1.74. The second kappa shape index (κ2) is 6.81. The molecule has 0 heterocycles. The van der Waals surface area contributed by atoms with Crippen LogP contribution in [-0.4, -0.2) is 7.05 Å². The normalized spacial score (nSPS) is 12.4. The second-order valence-electron chi connectivity index (χ2n) is 5.14. The van der Waals surface area contributed by atoms with E-state index in [0.717, 1.165) is 24.0 Å². The van der Waals surface area contributed by atoms with Crippen molar-refractivity contribution >= 4 is 0 Å². The Balaban J connectivity index is 2.51. The molecule has 0 saturated carbocycles. The van der Waals surface area contributed by atoms with Crippen LogP contribution in [0.4, 0.5) is 8.78 Å². The van der Waals surface area contributed by atoms with Gasteiger partial charge in [-0.1, -0.05) is 38.1 Å². The van der Waals surface area contributed by atoms with Crippen LogP contribution in [0.2, 0.25) is 0 Å². The van der Waals surface area contributed by atoms with Crippen molar-refractivity contribution in [2.75, 3.05) is 7.05 Å². The molecular weight excluding hydrogens is 268 g/mol. The van der Waals surface area contributed by atoms with E-state index in [1.807, 2.05) is 7.05 Å². The molecule has 0 radical (unpaired) electrons. The molecule has 0 bridgehead atoms. The molecule has 1 unspecified atom stereocenters. The minimum absolute atomic E-state index is 0.137. The fraction of sp³-hybridized carbons (Fsp3) is 0.333. The van der Waals surface area contributed by atoms with Gasteiger partial charge in [-0.3, -0.25) is 0 Å². The molecule has 2 rings (SSSR count). The van der Waals surface area contributed by atoms with E-state index < -0.39 is 11.6 Å². The lowest BCUT2D eigenvalue weighted by Crippen LogP contribution is -2.19. The van der Waals surface area contributed by atoms with Crippen molar-refractivity contribution in [2.24, 2.45) is 0 Å². The van der Waals surface area contributed by atoms with Gasteiger partial charge < -0.3 is 5.32 Å². The summed E-state index contributed by atoms with van der Waals surface area (Å²) >= 11 is 0. The summed E-state index contributed by atoms with van der Waals surface area (Å²) in [5, 5.41) is 3.22. The zero-order chi connectivity index (χ0) is 15.4. The fourth-order valence-electron chi connectivity index (χ4n) is 2.65. The van der Waals surface area contributed by atoms with E-state index in [2.05, 4.69) is 37.4 Å². The largest absolute Gasteiger partial charge is 0.309 e. The molecule has 0 aliphatic carbocycles. The number of rotatable bonds is 5. The quantitative estimate of drug-likeness (QED) is 0.860. The third kappa shape index (κ3) is 3.30. The third-order valence-corrected chi connectivity index (χ3v) is 3.88. The number of hydrogen-bond donors (Lipinski definition) is 1. The monoisotopic (exact) mass is 289 g/mol. The van der Waals surface area contributed by atoms with Crippen LogP contribution < -0.4 is 5.32 Å². The molecule has 2 aromatic carbocycles. The van der Waals surface area contributed by atoms with Crippen LogP contribution in [-0.2, 0) is 12.8 Å². The Morgan fingerprint density at radius 2 is 1.71 bits per heavy atom. The van der Waals surface area contributed by atoms with E-state index in [1.165, 1.54) is 23.3 Å². The minimum atomic E-state index is -0.813. The molecule has 2 aromatic rings. The molecule has 0 aliphatic heterocycles. The van der Waals surface area contributed by atoms with E-state index in [4.69, 9.17) is 0 Å². The average molecular weight is 289 g/mol. The van der Waals surface area contributed by atoms with Crippen LogP contribution in [0.1, 0.15) is 42.1 Å². The Kier molecular flexibility index (Phi) is 5.07. The van der Waals surface area contributed by atoms with Gasteiger partial charge in [0.1, 0.15) is 0 Å². The SMILES string of the molecule is CCc1ccc(CC)c(C(NC)c2ccc(F)c(F)c2)c1. The topological polar surface area (TPSA) is 12.0 Å². The maximum atomic E-state index is 13.5. The number of aryl methyl sites for hydroxylation is 2. The molecule has 0 fully saturated rings. The van der Waals surface area contributed by atoms with Gasteiger partial charge in [0.25, 0.3) is 0 Å². The van der Waals surface area contributed by atoms with E-state index in [0.29, 0.717) is 0 Å². The van der Waals surface area contributed by atoms with Crippen LogP contribution >= 0.6 is 0 Å². The number of halogens is 2. The highest BCUT2D eigenvalue weighted by molar-refractivity contribution is 5.40. The Morgan fingerprint density at radius 1 is 0.952 bits per heavy atom.